The van der Waals surface area contributed by atoms with Crippen LogP contribution in [0.4, 0.5) is 0 Å². The summed E-state index contributed by atoms with van der Waals surface area (Å²) in [4.78, 5) is 11.8. The molecule has 116 valence electrons. The second-order valence-corrected chi connectivity index (χ2v) is 6.11. The lowest BCUT2D eigenvalue weighted by molar-refractivity contribution is -0.139. The van der Waals surface area contributed by atoms with E-state index in [0.29, 0.717) is 12.3 Å². The van der Waals surface area contributed by atoms with E-state index in [9.17, 15) is 9.90 Å². The van der Waals surface area contributed by atoms with Crippen molar-refractivity contribution >= 4 is 5.97 Å². The summed E-state index contributed by atoms with van der Waals surface area (Å²) < 4.78 is 0. The van der Waals surface area contributed by atoms with E-state index in [1.54, 1.807) is 0 Å². The van der Waals surface area contributed by atoms with Crippen molar-refractivity contribution in [2.75, 3.05) is 0 Å². The van der Waals surface area contributed by atoms with Crippen LogP contribution < -0.4 is 0 Å². The van der Waals surface area contributed by atoms with Crippen LogP contribution in [0.3, 0.4) is 0 Å². The van der Waals surface area contributed by atoms with E-state index in [1.807, 2.05) is 30.3 Å². The van der Waals surface area contributed by atoms with Gasteiger partial charge in [0.1, 0.15) is 0 Å². The molecule has 1 unspecified atom stereocenters. The molecule has 0 heterocycles. The molecule has 0 aliphatic rings. The largest absolute Gasteiger partial charge is 0.481 e. The zero-order valence-corrected chi connectivity index (χ0v) is 13.5. The van der Waals surface area contributed by atoms with Crippen LogP contribution in [0.25, 0.3) is 11.1 Å². The van der Waals surface area contributed by atoms with Crippen molar-refractivity contribution in [2.45, 2.75) is 39.5 Å². The molecule has 0 radical (unpaired) electrons. The summed E-state index contributed by atoms with van der Waals surface area (Å²) in [5.41, 5.74) is 4.41. The van der Waals surface area contributed by atoms with Crippen molar-refractivity contribution in [3.63, 3.8) is 0 Å². The van der Waals surface area contributed by atoms with Crippen molar-refractivity contribution in [1.29, 1.82) is 0 Å². The van der Waals surface area contributed by atoms with Gasteiger partial charge in [-0.3, -0.25) is 4.79 Å². The molecule has 22 heavy (non-hydrogen) atoms. The fourth-order valence-corrected chi connectivity index (χ4v) is 3.05. The Balaban J connectivity index is 2.55. The first-order valence-corrected chi connectivity index (χ1v) is 7.94. The van der Waals surface area contributed by atoms with E-state index in [2.05, 4.69) is 39.0 Å². The van der Waals surface area contributed by atoms with E-state index in [4.69, 9.17) is 0 Å². The SMILES string of the molecule is CCc1c(-c2ccccc2)cccc1C(CC(C)C)C(=O)O. The maximum atomic E-state index is 11.8. The highest BCUT2D eigenvalue weighted by Gasteiger charge is 2.24. The number of carboxylic acids is 1. The Hall–Kier alpha value is -2.09. The van der Waals surface area contributed by atoms with Gasteiger partial charge in [-0.1, -0.05) is 69.3 Å². The molecule has 2 nitrogen and oxygen atoms in total. The summed E-state index contributed by atoms with van der Waals surface area (Å²) in [5.74, 6) is -0.807. The smallest absolute Gasteiger partial charge is 0.310 e. The Morgan fingerprint density at radius 3 is 2.27 bits per heavy atom. The molecule has 2 heteroatoms. The quantitative estimate of drug-likeness (QED) is 0.802. The van der Waals surface area contributed by atoms with Gasteiger partial charge in [-0.15, -0.1) is 0 Å². The summed E-state index contributed by atoms with van der Waals surface area (Å²) in [6, 6.07) is 16.2. The van der Waals surface area contributed by atoms with Gasteiger partial charge in [0.25, 0.3) is 0 Å². The van der Waals surface area contributed by atoms with Gasteiger partial charge in [0.15, 0.2) is 0 Å². The Kier molecular flexibility index (Phi) is 5.37. The highest BCUT2D eigenvalue weighted by Crippen LogP contribution is 2.33. The minimum Gasteiger partial charge on any atom is -0.481 e. The van der Waals surface area contributed by atoms with Gasteiger partial charge in [0.2, 0.25) is 0 Å². The van der Waals surface area contributed by atoms with Gasteiger partial charge in [0, 0.05) is 0 Å². The van der Waals surface area contributed by atoms with Crippen LogP contribution >= 0.6 is 0 Å². The molecule has 2 aromatic carbocycles. The lowest BCUT2D eigenvalue weighted by Crippen LogP contribution is -2.16. The Morgan fingerprint density at radius 1 is 1.05 bits per heavy atom. The number of hydrogen-bond acceptors (Lipinski definition) is 1. The van der Waals surface area contributed by atoms with E-state index < -0.39 is 11.9 Å². The number of benzene rings is 2. The van der Waals surface area contributed by atoms with Gasteiger partial charge in [-0.25, -0.2) is 0 Å². The molecule has 1 atom stereocenters. The summed E-state index contributed by atoms with van der Waals surface area (Å²) in [7, 11) is 0. The van der Waals surface area contributed by atoms with Gasteiger partial charge < -0.3 is 5.11 Å². The van der Waals surface area contributed by atoms with Crippen LogP contribution in [-0.2, 0) is 11.2 Å². The highest BCUT2D eigenvalue weighted by molar-refractivity contribution is 5.79. The van der Waals surface area contributed by atoms with Crippen LogP contribution in [0.2, 0.25) is 0 Å². The second-order valence-electron chi connectivity index (χ2n) is 6.11. The maximum absolute atomic E-state index is 11.8. The molecule has 0 bridgehead atoms. The fourth-order valence-electron chi connectivity index (χ4n) is 3.05. The highest BCUT2D eigenvalue weighted by atomic mass is 16.4. The van der Waals surface area contributed by atoms with Crippen LogP contribution in [0.1, 0.15) is 44.2 Å². The number of rotatable bonds is 6. The molecular weight excluding hydrogens is 272 g/mol. The third-order valence-electron chi connectivity index (χ3n) is 4.03. The topological polar surface area (TPSA) is 37.3 Å². The molecule has 0 aliphatic carbocycles. The second kappa shape index (κ2) is 7.26. The fraction of sp³-hybridized carbons (Fsp3) is 0.350. The molecule has 0 spiro atoms. The summed E-state index contributed by atoms with van der Waals surface area (Å²) in [6.07, 6.45) is 1.50. The summed E-state index contributed by atoms with van der Waals surface area (Å²) >= 11 is 0. The van der Waals surface area contributed by atoms with E-state index >= 15 is 0 Å². The first-order chi connectivity index (χ1) is 10.5. The molecule has 0 aliphatic heterocycles. The van der Waals surface area contributed by atoms with E-state index in [0.717, 1.165) is 28.7 Å². The summed E-state index contributed by atoms with van der Waals surface area (Å²) in [6.45, 7) is 6.24. The molecule has 0 aromatic heterocycles. The molecule has 0 saturated carbocycles. The molecule has 0 amide bonds. The predicted molar refractivity (Wildman–Crippen MR) is 91.1 cm³/mol. The first kappa shape index (κ1) is 16.3. The molecule has 0 fully saturated rings. The van der Waals surface area contributed by atoms with Gasteiger partial charge in [-0.05, 0) is 41.0 Å². The van der Waals surface area contributed by atoms with E-state index in [-0.39, 0.29) is 0 Å². The average Bonchev–Trinajstić information content (AvgIpc) is 2.52. The molecule has 2 rings (SSSR count). The maximum Gasteiger partial charge on any atom is 0.310 e. The first-order valence-electron chi connectivity index (χ1n) is 7.94. The van der Waals surface area contributed by atoms with Crippen molar-refractivity contribution in [1.82, 2.24) is 0 Å². The monoisotopic (exact) mass is 296 g/mol. The average molecular weight is 296 g/mol. The third-order valence-corrected chi connectivity index (χ3v) is 4.03. The minimum atomic E-state index is -0.728. The lowest BCUT2D eigenvalue weighted by Gasteiger charge is -2.21. The van der Waals surface area contributed by atoms with Crippen molar-refractivity contribution in [2.24, 2.45) is 5.92 Å². The van der Waals surface area contributed by atoms with Crippen LogP contribution in [0.15, 0.2) is 48.5 Å². The van der Waals surface area contributed by atoms with Gasteiger partial charge >= 0.3 is 5.97 Å². The van der Waals surface area contributed by atoms with E-state index in [1.165, 1.54) is 0 Å². The lowest BCUT2D eigenvalue weighted by atomic mass is 9.83. The summed E-state index contributed by atoms with van der Waals surface area (Å²) in [5, 5.41) is 9.66. The number of carboxylic acid groups (broad SMARTS) is 1. The molecule has 2 aromatic rings. The van der Waals surface area contributed by atoms with Gasteiger partial charge in [0.05, 0.1) is 5.92 Å². The molecule has 1 N–H and O–H groups in total. The Labute approximate surface area is 132 Å². The van der Waals surface area contributed by atoms with Gasteiger partial charge in [-0.2, -0.15) is 0 Å². The van der Waals surface area contributed by atoms with Crippen LogP contribution in [0.5, 0.6) is 0 Å². The minimum absolute atomic E-state index is 0.353. The van der Waals surface area contributed by atoms with Crippen molar-refractivity contribution in [3.05, 3.63) is 59.7 Å². The standard InChI is InChI=1S/C20H24O2/c1-4-16-17(15-9-6-5-7-10-15)11-8-12-18(16)19(20(21)22)13-14(2)3/h5-12,14,19H,4,13H2,1-3H3,(H,21,22). The van der Waals surface area contributed by atoms with Crippen LogP contribution in [-0.4, -0.2) is 11.1 Å². The number of hydrogen-bond donors (Lipinski definition) is 1. The number of carbonyl (C=O) groups is 1. The Bertz CT molecular complexity index is 629. The molecule has 0 saturated heterocycles. The van der Waals surface area contributed by atoms with Crippen molar-refractivity contribution in [3.8, 4) is 11.1 Å². The van der Waals surface area contributed by atoms with Crippen LogP contribution in [0, 0.1) is 5.92 Å². The Morgan fingerprint density at radius 2 is 1.73 bits per heavy atom. The zero-order valence-electron chi connectivity index (χ0n) is 13.5. The number of aliphatic carboxylic acids is 1. The van der Waals surface area contributed by atoms with Crippen molar-refractivity contribution < 1.29 is 9.90 Å². The predicted octanol–water partition coefficient (Wildman–Crippen LogP) is 5.13. The normalized spacial score (nSPS) is 12.4. The third kappa shape index (κ3) is 3.56. The molecular formula is C20H24O2. The zero-order chi connectivity index (χ0) is 16.1.